The molecule has 5 heteroatoms. The molecule has 0 aliphatic heterocycles. The van der Waals surface area contributed by atoms with Crippen LogP contribution in [0.1, 0.15) is 5.56 Å². The minimum Gasteiger partial charge on any atom is -0.478 e. The Labute approximate surface area is 116 Å². The first-order valence-electron chi connectivity index (χ1n) is 5.81. The molecule has 2 aromatic rings. The van der Waals surface area contributed by atoms with Crippen LogP contribution in [-0.2, 0) is 14.6 Å². The fourth-order valence-electron chi connectivity index (χ4n) is 1.66. The summed E-state index contributed by atoms with van der Waals surface area (Å²) in [7, 11) is -3.53. The van der Waals surface area contributed by atoms with Crippen LogP contribution in [0, 0.1) is 0 Å². The zero-order valence-electron chi connectivity index (χ0n) is 10.4. The molecule has 0 aromatic heterocycles. The van der Waals surface area contributed by atoms with Crippen molar-refractivity contribution in [3.8, 4) is 0 Å². The van der Waals surface area contributed by atoms with E-state index in [1.54, 1.807) is 30.3 Å². The van der Waals surface area contributed by atoms with Gasteiger partial charge in [-0.25, -0.2) is 13.2 Å². The number of aliphatic carboxylic acids is 1. The second-order valence-corrected chi connectivity index (χ2v) is 6.01. The van der Waals surface area contributed by atoms with Crippen LogP contribution < -0.4 is 0 Å². The lowest BCUT2D eigenvalue weighted by Gasteiger charge is -2.04. The summed E-state index contributed by atoms with van der Waals surface area (Å²) in [6.07, 6.45) is 2.40. The molecule has 0 bridgehead atoms. The third-order valence-electron chi connectivity index (χ3n) is 2.66. The molecule has 0 heterocycles. The Hall–Kier alpha value is -2.40. The zero-order valence-corrected chi connectivity index (χ0v) is 11.2. The van der Waals surface area contributed by atoms with Gasteiger partial charge in [-0.2, -0.15) is 0 Å². The maximum absolute atomic E-state index is 12.3. The summed E-state index contributed by atoms with van der Waals surface area (Å²) < 4.78 is 24.6. The Balaban J connectivity index is 2.33. The largest absolute Gasteiger partial charge is 0.478 e. The highest BCUT2D eigenvalue weighted by molar-refractivity contribution is 7.91. The lowest BCUT2D eigenvalue weighted by atomic mass is 10.2. The second kappa shape index (κ2) is 5.71. The van der Waals surface area contributed by atoms with E-state index in [9.17, 15) is 13.2 Å². The minimum absolute atomic E-state index is 0.177. The molecule has 0 aliphatic rings. The number of carboxylic acid groups (broad SMARTS) is 1. The van der Waals surface area contributed by atoms with Crippen LogP contribution >= 0.6 is 0 Å². The van der Waals surface area contributed by atoms with Crippen molar-refractivity contribution in [1.82, 2.24) is 0 Å². The Morgan fingerprint density at radius 2 is 1.45 bits per heavy atom. The van der Waals surface area contributed by atoms with Gasteiger partial charge in [0.25, 0.3) is 0 Å². The van der Waals surface area contributed by atoms with E-state index < -0.39 is 15.8 Å². The standard InChI is InChI=1S/C15H12O4S/c16-15(17)11-8-12-6-9-14(10-7-12)20(18,19)13-4-2-1-3-5-13/h1-11H,(H,16,17). The first-order chi connectivity index (χ1) is 9.50. The Morgan fingerprint density at radius 1 is 0.900 bits per heavy atom. The Bertz CT molecular complexity index is 729. The summed E-state index contributed by atoms with van der Waals surface area (Å²) in [6, 6.07) is 14.2. The lowest BCUT2D eigenvalue weighted by molar-refractivity contribution is -0.131. The van der Waals surface area contributed by atoms with Gasteiger partial charge in [-0.15, -0.1) is 0 Å². The van der Waals surface area contributed by atoms with Crippen LogP contribution in [0.25, 0.3) is 6.08 Å². The molecule has 0 saturated heterocycles. The van der Waals surface area contributed by atoms with Crippen molar-refractivity contribution in [1.29, 1.82) is 0 Å². The summed E-state index contributed by atoms with van der Waals surface area (Å²) >= 11 is 0. The van der Waals surface area contributed by atoms with E-state index in [4.69, 9.17) is 5.11 Å². The van der Waals surface area contributed by atoms with Crippen LogP contribution in [-0.4, -0.2) is 19.5 Å². The highest BCUT2D eigenvalue weighted by Crippen LogP contribution is 2.20. The topological polar surface area (TPSA) is 71.4 Å². The number of benzene rings is 2. The summed E-state index contributed by atoms with van der Waals surface area (Å²) in [4.78, 5) is 10.8. The number of carbonyl (C=O) groups is 1. The number of rotatable bonds is 4. The van der Waals surface area contributed by atoms with Gasteiger partial charge in [0.1, 0.15) is 0 Å². The van der Waals surface area contributed by atoms with Gasteiger partial charge in [-0.3, -0.25) is 0 Å². The third kappa shape index (κ3) is 3.13. The van der Waals surface area contributed by atoms with Crippen LogP contribution in [0.15, 0.2) is 70.5 Å². The summed E-state index contributed by atoms with van der Waals surface area (Å²) in [5.41, 5.74) is 0.624. The van der Waals surface area contributed by atoms with E-state index in [-0.39, 0.29) is 9.79 Å². The molecule has 2 rings (SSSR count). The molecular formula is C15H12O4S. The predicted octanol–water partition coefficient (Wildman–Crippen LogP) is 2.62. The minimum atomic E-state index is -3.53. The van der Waals surface area contributed by atoms with Crippen molar-refractivity contribution < 1.29 is 18.3 Å². The van der Waals surface area contributed by atoms with Crippen molar-refractivity contribution in [3.05, 3.63) is 66.2 Å². The molecular weight excluding hydrogens is 276 g/mol. The molecule has 102 valence electrons. The summed E-state index contributed by atoms with van der Waals surface area (Å²) in [6.45, 7) is 0. The quantitative estimate of drug-likeness (QED) is 0.878. The number of sulfone groups is 1. The average molecular weight is 288 g/mol. The Morgan fingerprint density at radius 3 is 2.00 bits per heavy atom. The van der Waals surface area contributed by atoms with Crippen LogP contribution in [0.3, 0.4) is 0 Å². The molecule has 0 atom stereocenters. The van der Waals surface area contributed by atoms with Crippen molar-refractivity contribution in [2.75, 3.05) is 0 Å². The SMILES string of the molecule is O=C(O)C=Cc1ccc(S(=O)(=O)c2ccccc2)cc1. The first-order valence-corrected chi connectivity index (χ1v) is 7.30. The number of carboxylic acids is 1. The zero-order chi connectivity index (χ0) is 14.6. The smallest absolute Gasteiger partial charge is 0.328 e. The van der Waals surface area contributed by atoms with Crippen molar-refractivity contribution in [2.45, 2.75) is 9.79 Å². The van der Waals surface area contributed by atoms with Gasteiger partial charge >= 0.3 is 5.97 Å². The van der Waals surface area contributed by atoms with Crippen LogP contribution in [0.4, 0.5) is 0 Å². The van der Waals surface area contributed by atoms with E-state index in [0.717, 1.165) is 6.08 Å². The molecule has 0 aliphatic carbocycles. The van der Waals surface area contributed by atoms with Crippen molar-refractivity contribution in [2.24, 2.45) is 0 Å². The third-order valence-corrected chi connectivity index (χ3v) is 4.45. The van der Waals surface area contributed by atoms with E-state index in [0.29, 0.717) is 5.56 Å². The van der Waals surface area contributed by atoms with E-state index in [1.165, 1.54) is 30.3 Å². The van der Waals surface area contributed by atoms with Crippen molar-refractivity contribution in [3.63, 3.8) is 0 Å². The molecule has 20 heavy (non-hydrogen) atoms. The molecule has 0 radical (unpaired) electrons. The molecule has 0 spiro atoms. The molecule has 4 nitrogen and oxygen atoms in total. The van der Waals surface area contributed by atoms with Gasteiger partial charge in [0.05, 0.1) is 9.79 Å². The normalized spacial score (nSPS) is 11.6. The van der Waals surface area contributed by atoms with Crippen LogP contribution in [0.5, 0.6) is 0 Å². The Kier molecular flexibility index (Phi) is 4.00. The van der Waals surface area contributed by atoms with Gasteiger partial charge < -0.3 is 5.11 Å². The molecule has 1 N–H and O–H groups in total. The maximum Gasteiger partial charge on any atom is 0.328 e. The monoisotopic (exact) mass is 288 g/mol. The maximum atomic E-state index is 12.3. The average Bonchev–Trinajstić information content (AvgIpc) is 2.46. The highest BCUT2D eigenvalue weighted by atomic mass is 32.2. The fourth-order valence-corrected chi connectivity index (χ4v) is 2.94. The van der Waals surface area contributed by atoms with E-state index >= 15 is 0 Å². The molecule has 0 fully saturated rings. The van der Waals surface area contributed by atoms with Gasteiger partial charge in [0, 0.05) is 6.08 Å². The van der Waals surface area contributed by atoms with Gasteiger partial charge in [0.2, 0.25) is 9.84 Å². The van der Waals surface area contributed by atoms with Crippen LogP contribution in [0.2, 0.25) is 0 Å². The van der Waals surface area contributed by atoms with Gasteiger partial charge in [-0.05, 0) is 35.9 Å². The molecule has 0 unspecified atom stereocenters. The van der Waals surface area contributed by atoms with Gasteiger partial charge in [-0.1, -0.05) is 30.3 Å². The number of hydrogen-bond donors (Lipinski definition) is 1. The van der Waals surface area contributed by atoms with E-state index in [2.05, 4.69) is 0 Å². The first kappa shape index (κ1) is 14.0. The van der Waals surface area contributed by atoms with Crippen molar-refractivity contribution >= 4 is 21.9 Å². The van der Waals surface area contributed by atoms with Gasteiger partial charge in [0.15, 0.2) is 0 Å². The molecule has 2 aromatic carbocycles. The number of hydrogen-bond acceptors (Lipinski definition) is 3. The molecule has 0 amide bonds. The fraction of sp³-hybridized carbons (Fsp3) is 0. The summed E-state index contributed by atoms with van der Waals surface area (Å²) in [5, 5.41) is 8.52. The summed E-state index contributed by atoms with van der Waals surface area (Å²) in [5.74, 6) is -1.05. The van der Waals surface area contributed by atoms with E-state index in [1.807, 2.05) is 0 Å². The molecule has 0 saturated carbocycles. The highest BCUT2D eigenvalue weighted by Gasteiger charge is 2.16. The second-order valence-electron chi connectivity index (χ2n) is 4.06. The predicted molar refractivity (Wildman–Crippen MR) is 75.0 cm³/mol. The lowest BCUT2D eigenvalue weighted by Crippen LogP contribution is -2.01.